The lowest BCUT2D eigenvalue weighted by Gasteiger charge is -2.34. The second-order valence-corrected chi connectivity index (χ2v) is 5.63. The van der Waals surface area contributed by atoms with Gasteiger partial charge in [0.1, 0.15) is 5.82 Å². The fraction of sp³-hybridized carbons (Fsp3) is 0.294. The van der Waals surface area contributed by atoms with Crippen LogP contribution >= 0.6 is 11.6 Å². The van der Waals surface area contributed by atoms with Gasteiger partial charge in [0.25, 0.3) is 0 Å². The summed E-state index contributed by atoms with van der Waals surface area (Å²) in [5, 5.41) is 0.462. The Kier molecular flexibility index (Phi) is 3.93. The lowest BCUT2D eigenvalue weighted by Crippen LogP contribution is -2.33. The third kappa shape index (κ3) is 2.80. The molecule has 2 aromatic rings. The summed E-state index contributed by atoms with van der Waals surface area (Å²) in [5.74, 6) is 0.111. The van der Waals surface area contributed by atoms with Gasteiger partial charge in [0.05, 0.1) is 0 Å². The highest BCUT2D eigenvalue weighted by molar-refractivity contribution is 6.30. The number of benzene rings is 2. The van der Waals surface area contributed by atoms with Crippen molar-refractivity contribution in [1.82, 2.24) is 0 Å². The maximum atomic E-state index is 14.0. The fourth-order valence-electron chi connectivity index (χ4n) is 2.86. The molecule has 0 unspecified atom stereocenters. The van der Waals surface area contributed by atoms with Gasteiger partial charge in [0.2, 0.25) is 0 Å². The topological polar surface area (TPSA) is 3.24 Å². The molecule has 1 nitrogen and oxygen atoms in total. The average molecular weight is 289 g/mol. The summed E-state index contributed by atoms with van der Waals surface area (Å²) in [6, 6.07) is 16.1. The van der Waals surface area contributed by atoms with E-state index >= 15 is 0 Å². The van der Waals surface area contributed by atoms with Crippen LogP contribution in [0.2, 0.25) is 5.02 Å². The van der Waals surface area contributed by atoms with E-state index in [1.54, 1.807) is 6.07 Å². The highest BCUT2D eigenvalue weighted by Crippen LogP contribution is 2.32. The zero-order valence-electron chi connectivity index (χ0n) is 11.2. The van der Waals surface area contributed by atoms with E-state index in [2.05, 4.69) is 17.0 Å². The van der Waals surface area contributed by atoms with Crippen LogP contribution < -0.4 is 4.90 Å². The van der Waals surface area contributed by atoms with Crippen LogP contribution in [0.3, 0.4) is 0 Å². The van der Waals surface area contributed by atoms with Gasteiger partial charge in [0.15, 0.2) is 0 Å². The fourth-order valence-corrected chi connectivity index (χ4v) is 3.02. The number of rotatable bonds is 2. The minimum Gasteiger partial charge on any atom is -0.371 e. The Morgan fingerprint density at radius 3 is 2.65 bits per heavy atom. The monoisotopic (exact) mass is 288 g/mol. The third-order valence-corrected chi connectivity index (χ3v) is 4.19. The van der Waals surface area contributed by atoms with Crippen LogP contribution in [0.5, 0.6) is 0 Å². The Morgan fingerprint density at radius 2 is 2.00 bits per heavy atom. The molecule has 0 bridgehead atoms. The minimum absolute atomic E-state index is 0.177. The quantitative estimate of drug-likeness (QED) is 0.776. The average Bonchev–Trinajstić information content (AvgIpc) is 2.48. The van der Waals surface area contributed by atoms with Crippen molar-refractivity contribution >= 4 is 17.3 Å². The van der Waals surface area contributed by atoms with Crippen LogP contribution in [0.15, 0.2) is 42.5 Å². The predicted octanol–water partition coefficient (Wildman–Crippen LogP) is 4.66. The molecular weight excluding hydrogens is 273 g/mol. The Balaban J connectivity index is 1.69. The molecule has 1 saturated heterocycles. The van der Waals surface area contributed by atoms with Gasteiger partial charge in [-0.3, -0.25) is 0 Å². The second kappa shape index (κ2) is 5.84. The normalized spacial score (nSPS) is 16.4. The van der Waals surface area contributed by atoms with E-state index in [1.807, 2.05) is 24.3 Å². The van der Waals surface area contributed by atoms with E-state index in [0.717, 1.165) is 31.5 Å². The largest absolute Gasteiger partial charge is 0.371 e. The van der Waals surface area contributed by atoms with Gasteiger partial charge in [0, 0.05) is 23.8 Å². The van der Waals surface area contributed by atoms with Crippen LogP contribution in [0.1, 0.15) is 24.3 Å². The van der Waals surface area contributed by atoms with Crippen LogP contribution in [-0.2, 0) is 0 Å². The number of halogens is 2. The standard InChI is InChI=1S/C17H16ClFN/c18-14-6-7-16(17(19)12-14)13-8-10-20(11-9-13)15-4-2-1-3-5-15/h1-2,4-7,12-13H,8-11H2. The first-order chi connectivity index (χ1) is 9.74. The van der Waals surface area contributed by atoms with Gasteiger partial charge in [-0.1, -0.05) is 29.8 Å². The molecule has 2 aromatic carbocycles. The molecule has 1 radical (unpaired) electrons. The lowest BCUT2D eigenvalue weighted by atomic mass is 9.89. The van der Waals surface area contributed by atoms with Crippen LogP contribution in [0.25, 0.3) is 0 Å². The van der Waals surface area contributed by atoms with Crippen molar-refractivity contribution in [3.8, 4) is 0 Å². The second-order valence-electron chi connectivity index (χ2n) is 5.19. The zero-order valence-corrected chi connectivity index (χ0v) is 11.9. The SMILES string of the molecule is Fc1cc(Cl)ccc1C1CCN(c2c[c]ccc2)CC1. The highest BCUT2D eigenvalue weighted by Gasteiger charge is 2.22. The van der Waals surface area contributed by atoms with Gasteiger partial charge in [-0.05, 0) is 54.7 Å². The molecule has 0 saturated carbocycles. The molecule has 0 N–H and O–H groups in total. The van der Waals surface area contributed by atoms with E-state index in [0.29, 0.717) is 5.02 Å². The number of hydrogen-bond acceptors (Lipinski definition) is 1. The van der Waals surface area contributed by atoms with E-state index < -0.39 is 0 Å². The molecule has 0 spiro atoms. The number of hydrogen-bond donors (Lipinski definition) is 0. The van der Waals surface area contributed by atoms with Crippen molar-refractivity contribution in [1.29, 1.82) is 0 Å². The molecule has 0 atom stereocenters. The minimum atomic E-state index is -0.177. The molecule has 1 aliphatic rings. The first-order valence-electron chi connectivity index (χ1n) is 6.90. The summed E-state index contributed by atoms with van der Waals surface area (Å²) < 4.78 is 14.0. The molecular formula is C17H16ClFN. The summed E-state index contributed by atoms with van der Waals surface area (Å²) in [5.41, 5.74) is 2.00. The zero-order chi connectivity index (χ0) is 13.9. The highest BCUT2D eigenvalue weighted by atomic mass is 35.5. The molecule has 3 rings (SSSR count). The van der Waals surface area contributed by atoms with Gasteiger partial charge < -0.3 is 4.90 Å². The summed E-state index contributed by atoms with van der Waals surface area (Å²) in [6.45, 7) is 1.90. The van der Waals surface area contributed by atoms with Crippen molar-refractivity contribution in [3.63, 3.8) is 0 Å². The molecule has 1 aliphatic heterocycles. The smallest absolute Gasteiger partial charge is 0.128 e. The van der Waals surface area contributed by atoms with Crippen LogP contribution in [-0.4, -0.2) is 13.1 Å². The summed E-state index contributed by atoms with van der Waals surface area (Å²) >= 11 is 5.81. The number of piperidine rings is 1. The first-order valence-corrected chi connectivity index (χ1v) is 7.28. The molecule has 3 heteroatoms. The Morgan fingerprint density at radius 1 is 1.20 bits per heavy atom. The van der Waals surface area contributed by atoms with E-state index in [1.165, 1.54) is 11.8 Å². The third-order valence-electron chi connectivity index (χ3n) is 3.95. The lowest BCUT2D eigenvalue weighted by molar-refractivity contribution is 0.482. The van der Waals surface area contributed by atoms with Crippen molar-refractivity contribution < 1.29 is 4.39 Å². The summed E-state index contributed by atoms with van der Waals surface area (Å²) in [4.78, 5) is 2.33. The van der Waals surface area contributed by atoms with Crippen LogP contribution in [0, 0.1) is 11.9 Å². The van der Waals surface area contributed by atoms with E-state index in [4.69, 9.17) is 11.6 Å². The Hall–Kier alpha value is -1.54. The van der Waals surface area contributed by atoms with Crippen molar-refractivity contribution in [2.24, 2.45) is 0 Å². The number of anilines is 1. The van der Waals surface area contributed by atoms with Crippen molar-refractivity contribution in [2.45, 2.75) is 18.8 Å². The maximum Gasteiger partial charge on any atom is 0.128 e. The molecule has 103 valence electrons. The maximum absolute atomic E-state index is 14.0. The molecule has 1 fully saturated rings. The Labute approximate surface area is 124 Å². The number of nitrogens with zero attached hydrogens (tertiary/aromatic N) is 1. The molecule has 0 amide bonds. The van der Waals surface area contributed by atoms with Crippen molar-refractivity contribution in [3.05, 3.63) is 64.9 Å². The molecule has 0 aromatic heterocycles. The van der Waals surface area contributed by atoms with Gasteiger partial charge in [-0.2, -0.15) is 0 Å². The molecule has 20 heavy (non-hydrogen) atoms. The molecule has 0 aliphatic carbocycles. The van der Waals surface area contributed by atoms with E-state index in [9.17, 15) is 4.39 Å². The molecule has 1 heterocycles. The summed E-state index contributed by atoms with van der Waals surface area (Å²) in [6.07, 6.45) is 1.93. The van der Waals surface area contributed by atoms with Crippen molar-refractivity contribution in [2.75, 3.05) is 18.0 Å². The van der Waals surface area contributed by atoms with Gasteiger partial charge in [-0.15, -0.1) is 0 Å². The van der Waals surface area contributed by atoms with Crippen LogP contribution in [0.4, 0.5) is 10.1 Å². The van der Waals surface area contributed by atoms with E-state index in [-0.39, 0.29) is 11.7 Å². The first kappa shape index (κ1) is 13.4. The van der Waals surface area contributed by atoms with Gasteiger partial charge in [-0.25, -0.2) is 4.39 Å². The predicted molar refractivity (Wildman–Crippen MR) is 80.9 cm³/mol. The summed E-state index contributed by atoms with van der Waals surface area (Å²) in [7, 11) is 0. The van der Waals surface area contributed by atoms with Gasteiger partial charge >= 0.3 is 0 Å². The Bertz CT molecular complexity index is 577.